The van der Waals surface area contributed by atoms with Crippen LogP contribution in [0.1, 0.15) is 41.7 Å². The minimum atomic E-state index is -0.124. The average molecular weight is 757 g/mol. The summed E-state index contributed by atoms with van der Waals surface area (Å²) in [5, 5.41) is 4.89. The molecule has 59 heavy (non-hydrogen) atoms. The van der Waals surface area contributed by atoms with Crippen LogP contribution in [0.15, 0.2) is 211 Å². The molecule has 2 nitrogen and oxygen atoms in total. The van der Waals surface area contributed by atoms with Gasteiger partial charge in [0.1, 0.15) is 5.84 Å². The Morgan fingerprint density at radius 3 is 1.75 bits per heavy atom. The molecule has 0 amide bonds. The molecule has 282 valence electrons. The molecule has 2 heteroatoms. The summed E-state index contributed by atoms with van der Waals surface area (Å²) in [4.78, 5) is 5.25. The zero-order valence-corrected chi connectivity index (χ0v) is 33.4. The minimum absolute atomic E-state index is 0.124. The smallest absolute Gasteiger partial charge is 0.131 e. The summed E-state index contributed by atoms with van der Waals surface area (Å²) in [6.45, 7) is 4.72. The van der Waals surface area contributed by atoms with Crippen molar-refractivity contribution in [2.75, 3.05) is 0 Å². The highest BCUT2D eigenvalue weighted by Crippen LogP contribution is 2.55. The Morgan fingerprint density at radius 1 is 0.475 bits per heavy atom. The van der Waals surface area contributed by atoms with Gasteiger partial charge in [-0.3, -0.25) is 0 Å². The Balaban J connectivity index is 1.10. The van der Waals surface area contributed by atoms with Gasteiger partial charge in [0, 0.05) is 16.5 Å². The topological polar surface area (TPSA) is 38.4 Å². The number of nitrogens with zero attached hydrogens (tertiary/aromatic N) is 1. The number of fused-ring (bicyclic) bond motifs is 6. The van der Waals surface area contributed by atoms with Gasteiger partial charge in [-0.05, 0) is 89.2 Å². The lowest BCUT2D eigenvalue weighted by atomic mass is 9.81. The summed E-state index contributed by atoms with van der Waals surface area (Å²) in [5.41, 5.74) is 23.4. The van der Waals surface area contributed by atoms with Crippen LogP contribution in [-0.2, 0) is 11.8 Å². The first kappa shape index (κ1) is 36.1. The molecule has 0 saturated carbocycles. The summed E-state index contributed by atoms with van der Waals surface area (Å²) in [5.74, 6) is 0.482. The first-order valence-corrected chi connectivity index (χ1v) is 20.5. The fraction of sp³-hybridized carbons (Fsp3) is 0.0702. The van der Waals surface area contributed by atoms with Gasteiger partial charge in [-0.1, -0.05) is 220 Å². The van der Waals surface area contributed by atoms with Crippen molar-refractivity contribution in [2.24, 2.45) is 10.7 Å². The number of hydrogen-bond acceptors (Lipinski definition) is 1. The van der Waals surface area contributed by atoms with Gasteiger partial charge in [0.25, 0.3) is 0 Å². The van der Waals surface area contributed by atoms with Crippen molar-refractivity contribution in [1.82, 2.24) is 0 Å². The highest BCUT2D eigenvalue weighted by atomic mass is 14.9. The molecule has 0 radical (unpaired) electrons. The molecule has 0 aromatic heterocycles. The maximum Gasteiger partial charge on any atom is 0.131 e. The second-order valence-electron chi connectivity index (χ2n) is 16.1. The molecule has 0 saturated heterocycles. The monoisotopic (exact) mass is 756 g/mol. The van der Waals surface area contributed by atoms with Gasteiger partial charge in [0.05, 0.1) is 5.70 Å². The zero-order chi connectivity index (χ0) is 39.9. The molecule has 0 heterocycles. The molecule has 0 bridgehead atoms. The third kappa shape index (κ3) is 6.53. The summed E-state index contributed by atoms with van der Waals surface area (Å²) < 4.78 is 0. The number of amidine groups is 1. The third-order valence-corrected chi connectivity index (χ3v) is 12.2. The molecule has 2 N–H and O–H groups in total. The van der Waals surface area contributed by atoms with Crippen LogP contribution in [0.5, 0.6) is 0 Å². The summed E-state index contributed by atoms with van der Waals surface area (Å²) in [6, 6.07) is 71.7. The molecule has 0 unspecified atom stereocenters. The predicted molar refractivity (Wildman–Crippen MR) is 251 cm³/mol. The second-order valence-corrected chi connectivity index (χ2v) is 16.1. The molecule has 0 atom stereocenters. The van der Waals surface area contributed by atoms with Crippen LogP contribution < -0.4 is 5.73 Å². The fourth-order valence-corrected chi connectivity index (χ4v) is 9.08. The Hall–Kier alpha value is -7.29. The number of benzene rings is 9. The van der Waals surface area contributed by atoms with Crippen molar-refractivity contribution in [3.05, 3.63) is 234 Å². The molecule has 0 aliphatic heterocycles. The summed E-state index contributed by atoms with van der Waals surface area (Å²) in [6.07, 6.45) is 2.94. The second kappa shape index (κ2) is 14.9. The number of rotatable bonds is 8. The van der Waals surface area contributed by atoms with Crippen LogP contribution in [0.4, 0.5) is 0 Å². The van der Waals surface area contributed by atoms with Gasteiger partial charge in [-0.15, -0.1) is 0 Å². The molecule has 9 aromatic rings. The van der Waals surface area contributed by atoms with E-state index in [9.17, 15) is 0 Å². The molecule has 1 aliphatic carbocycles. The zero-order valence-electron chi connectivity index (χ0n) is 33.4. The highest BCUT2D eigenvalue weighted by Gasteiger charge is 2.38. The number of hydrogen-bond donors (Lipinski definition) is 1. The fourth-order valence-electron chi connectivity index (χ4n) is 9.08. The normalized spacial score (nSPS) is 13.4. The summed E-state index contributed by atoms with van der Waals surface area (Å²) in [7, 11) is 0. The van der Waals surface area contributed by atoms with Gasteiger partial charge >= 0.3 is 0 Å². The van der Waals surface area contributed by atoms with E-state index in [4.69, 9.17) is 10.7 Å². The number of allylic oxidation sites excluding steroid dienone is 1. The molecule has 0 fully saturated rings. The molecule has 0 spiro atoms. The molecule has 1 aliphatic rings. The first-order chi connectivity index (χ1) is 28.9. The van der Waals surface area contributed by atoms with Crippen molar-refractivity contribution in [1.29, 1.82) is 0 Å². The van der Waals surface area contributed by atoms with E-state index in [2.05, 4.69) is 214 Å². The highest BCUT2D eigenvalue weighted by molar-refractivity contribution is 6.11. The lowest BCUT2D eigenvalue weighted by molar-refractivity contribution is 0.661. The SMILES string of the molecule is CC1(C)c2cccc(-c3ccc(/C(=C/Cc4ccc(-c5ccccc5)cc4)N=C(N)c4ccc(-c5ccccc5)cc4)c4ccccc34)c2-c2c1ccc1ccccc21. The van der Waals surface area contributed by atoms with Gasteiger partial charge < -0.3 is 5.73 Å². The van der Waals surface area contributed by atoms with Crippen LogP contribution in [0.2, 0.25) is 0 Å². The number of aliphatic imine (C=N–C) groups is 1. The van der Waals surface area contributed by atoms with Crippen LogP contribution in [-0.4, -0.2) is 5.84 Å². The first-order valence-electron chi connectivity index (χ1n) is 20.5. The van der Waals surface area contributed by atoms with E-state index in [1.807, 2.05) is 6.07 Å². The largest absolute Gasteiger partial charge is 0.383 e. The van der Waals surface area contributed by atoms with Crippen LogP contribution >= 0.6 is 0 Å². The van der Waals surface area contributed by atoms with Crippen molar-refractivity contribution < 1.29 is 0 Å². The van der Waals surface area contributed by atoms with Crippen molar-refractivity contribution in [3.8, 4) is 44.5 Å². The van der Waals surface area contributed by atoms with E-state index in [0.29, 0.717) is 12.3 Å². The van der Waals surface area contributed by atoms with Crippen LogP contribution in [0, 0.1) is 0 Å². The van der Waals surface area contributed by atoms with E-state index in [0.717, 1.165) is 27.8 Å². The van der Waals surface area contributed by atoms with Gasteiger partial charge in [0.2, 0.25) is 0 Å². The van der Waals surface area contributed by atoms with Crippen LogP contribution in [0.3, 0.4) is 0 Å². The van der Waals surface area contributed by atoms with Crippen molar-refractivity contribution >= 4 is 33.1 Å². The Bertz CT molecular complexity index is 3060. The van der Waals surface area contributed by atoms with Crippen molar-refractivity contribution in [2.45, 2.75) is 25.7 Å². The Labute approximate surface area is 346 Å². The molecular weight excluding hydrogens is 713 g/mol. The van der Waals surface area contributed by atoms with Gasteiger partial charge in [0.15, 0.2) is 0 Å². The van der Waals surface area contributed by atoms with Crippen LogP contribution in [0.25, 0.3) is 71.7 Å². The molecule has 9 aromatic carbocycles. The van der Waals surface area contributed by atoms with Crippen molar-refractivity contribution in [3.63, 3.8) is 0 Å². The predicted octanol–water partition coefficient (Wildman–Crippen LogP) is 14.3. The summed E-state index contributed by atoms with van der Waals surface area (Å²) >= 11 is 0. The Kier molecular flexibility index (Phi) is 9.11. The maximum absolute atomic E-state index is 6.93. The van der Waals surface area contributed by atoms with E-state index in [-0.39, 0.29) is 5.41 Å². The molecule has 10 rings (SSSR count). The Morgan fingerprint density at radius 2 is 1.05 bits per heavy atom. The minimum Gasteiger partial charge on any atom is -0.383 e. The third-order valence-electron chi connectivity index (χ3n) is 12.2. The average Bonchev–Trinajstić information content (AvgIpc) is 3.54. The number of nitrogens with two attached hydrogens (primary N) is 1. The quantitative estimate of drug-likeness (QED) is 0.122. The van der Waals surface area contributed by atoms with Gasteiger partial charge in [-0.25, -0.2) is 4.99 Å². The lowest BCUT2D eigenvalue weighted by Gasteiger charge is -2.22. The van der Waals surface area contributed by atoms with E-state index >= 15 is 0 Å². The van der Waals surface area contributed by atoms with E-state index in [1.165, 1.54) is 71.8 Å². The molecular formula is C57H44N2. The van der Waals surface area contributed by atoms with E-state index in [1.54, 1.807) is 0 Å². The van der Waals surface area contributed by atoms with Gasteiger partial charge in [-0.2, -0.15) is 0 Å². The lowest BCUT2D eigenvalue weighted by Crippen LogP contribution is -2.14. The maximum atomic E-state index is 6.93. The standard InChI is InChI=1S/C57H44N2/c1-57(2)51-23-13-22-50(55(51)54-45-19-10-9-18-43(45)33-36-52(54)57)48-34-35-49(47-21-12-11-20-46(47)48)53(37-26-38-24-27-41(28-25-38)39-14-5-3-6-15-39)59-56(58)44-31-29-42(30-32-44)40-16-7-4-8-17-40/h3-25,27-37H,26H2,1-2H3,(H2,58,59)/b53-37-. The van der Waals surface area contributed by atoms with E-state index < -0.39 is 0 Å².